The fourth-order valence-electron chi connectivity index (χ4n) is 1.76. The average molecular weight is 289 g/mol. The van der Waals surface area contributed by atoms with Crippen LogP contribution in [0.25, 0.3) is 0 Å². The highest BCUT2D eigenvalue weighted by molar-refractivity contribution is 5.36. The van der Waals surface area contributed by atoms with E-state index in [4.69, 9.17) is 4.79 Å². The molecule has 2 aliphatic rings. The summed E-state index contributed by atoms with van der Waals surface area (Å²) < 4.78 is 37.3. The first-order valence-electron chi connectivity index (χ1n) is 6.71. The number of rotatable bonds is 2. The minimum absolute atomic E-state index is 0.480. The summed E-state index contributed by atoms with van der Waals surface area (Å²) >= 11 is 0. The van der Waals surface area contributed by atoms with E-state index >= 15 is 0 Å². The zero-order valence-electron chi connectivity index (χ0n) is 12.0. The molecule has 1 fully saturated rings. The van der Waals surface area contributed by atoms with E-state index in [2.05, 4.69) is 5.32 Å². The lowest BCUT2D eigenvalue weighted by atomic mass is 9.96. The number of alkyl halides is 3. The molecular formula is C15H22F3NO. The third-order valence-electron chi connectivity index (χ3n) is 2.86. The van der Waals surface area contributed by atoms with Crippen molar-refractivity contribution in [1.82, 2.24) is 5.32 Å². The molecule has 0 spiro atoms. The topological polar surface area (TPSA) is 29.1 Å². The van der Waals surface area contributed by atoms with Gasteiger partial charge in [0, 0.05) is 19.0 Å². The maximum absolute atomic E-state index is 12.4. The van der Waals surface area contributed by atoms with Crippen LogP contribution in [0.2, 0.25) is 0 Å². The average Bonchev–Trinajstić information content (AvgIpc) is 2.41. The summed E-state index contributed by atoms with van der Waals surface area (Å²) in [6.07, 6.45) is 3.34. The van der Waals surface area contributed by atoms with Crippen LogP contribution in [0, 0.1) is 5.92 Å². The summed E-state index contributed by atoms with van der Waals surface area (Å²) in [7, 11) is 0. The molecule has 2 rings (SSSR count). The molecule has 0 amide bonds. The Morgan fingerprint density at radius 1 is 1.30 bits per heavy atom. The molecule has 2 nitrogen and oxygen atoms in total. The molecule has 1 aliphatic heterocycles. The van der Waals surface area contributed by atoms with Crippen LogP contribution in [0.5, 0.6) is 0 Å². The highest BCUT2D eigenvalue weighted by Gasteiger charge is 2.32. The molecule has 0 radical (unpaired) electrons. The summed E-state index contributed by atoms with van der Waals surface area (Å²) in [5.41, 5.74) is 0.270. The van der Waals surface area contributed by atoms with Gasteiger partial charge in [-0.15, -0.1) is 0 Å². The van der Waals surface area contributed by atoms with Gasteiger partial charge < -0.3 is 10.1 Å². The molecule has 0 aromatic heterocycles. The molecule has 0 aromatic rings. The van der Waals surface area contributed by atoms with E-state index in [0.29, 0.717) is 18.8 Å². The molecule has 0 unspecified atom stereocenters. The Hall–Kier alpha value is -1.36. The lowest BCUT2D eigenvalue weighted by Crippen LogP contribution is -2.40. The highest BCUT2D eigenvalue weighted by Crippen LogP contribution is 2.32. The van der Waals surface area contributed by atoms with Gasteiger partial charge in [0.25, 0.3) is 0 Å². The van der Waals surface area contributed by atoms with Crippen molar-refractivity contribution >= 4 is 6.79 Å². The van der Waals surface area contributed by atoms with Crippen molar-refractivity contribution in [2.45, 2.75) is 32.9 Å². The van der Waals surface area contributed by atoms with Gasteiger partial charge in [0.05, 0.1) is 5.57 Å². The molecule has 0 bridgehead atoms. The van der Waals surface area contributed by atoms with E-state index < -0.39 is 11.7 Å². The number of hydrogen-bond donors (Lipinski definition) is 1. The number of halogens is 3. The molecule has 1 aliphatic carbocycles. The van der Waals surface area contributed by atoms with Gasteiger partial charge in [-0.3, -0.25) is 0 Å². The summed E-state index contributed by atoms with van der Waals surface area (Å²) in [4.78, 5) is 8.00. The van der Waals surface area contributed by atoms with Crippen LogP contribution in [0.4, 0.5) is 13.2 Å². The summed E-state index contributed by atoms with van der Waals surface area (Å²) in [5, 5.41) is 3.12. The number of nitrogens with one attached hydrogen (secondary N) is 1. The fourth-order valence-corrected chi connectivity index (χ4v) is 1.76. The molecule has 1 N–H and O–H groups in total. The van der Waals surface area contributed by atoms with Gasteiger partial charge in [0.15, 0.2) is 0 Å². The van der Waals surface area contributed by atoms with Crippen molar-refractivity contribution in [3.05, 3.63) is 35.5 Å². The fraction of sp³-hybridized carbons (Fsp3) is 0.533. The predicted octanol–water partition coefficient (Wildman–Crippen LogP) is 3.81. The Balaban J connectivity index is 0.000000829. The van der Waals surface area contributed by atoms with E-state index in [1.807, 2.05) is 32.8 Å². The third-order valence-corrected chi connectivity index (χ3v) is 2.86. The van der Waals surface area contributed by atoms with Gasteiger partial charge >= 0.3 is 6.18 Å². The summed E-state index contributed by atoms with van der Waals surface area (Å²) in [6.45, 7) is 7.87. The van der Waals surface area contributed by atoms with E-state index in [1.54, 1.807) is 0 Å². The van der Waals surface area contributed by atoms with Crippen molar-refractivity contribution in [3.8, 4) is 0 Å². The summed E-state index contributed by atoms with van der Waals surface area (Å²) in [5.74, 6) is 0.487. The highest BCUT2D eigenvalue weighted by atomic mass is 19.4. The van der Waals surface area contributed by atoms with E-state index in [9.17, 15) is 13.2 Å². The van der Waals surface area contributed by atoms with E-state index in [0.717, 1.165) is 18.7 Å². The zero-order valence-corrected chi connectivity index (χ0v) is 12.0. The quantitative estimate of drug-likeness (QED) is 0.837. The van der Waals surface area contributed by atoms with Crippen LogP contribution in [0.15, 0.2) is 35.5 Å². The second-order valence-electron chi connectivity index (χ2n) is 4.19. The number of carbonyl (C=O) groups excluding carboxylic acids is 1. The Kier molecular flexibility index (Phi) is 8.88. The molecule has 1 saturated heterocycles. The number of carbonyl (C=O) groups is 1. The number of hydrogen-bond acceptors (Lipinski definition) is 2. The van der Waals surface area contributed by atoms with Crippen LogP contribution >= 0.6 is 0 Å². The normalized spacial score (nSPS) is 18.9. The first kappa shape index (κ1) is 18.6. The van der Waals surface area contributed by atoms with Crippen LogP contribution in [-0.2, 0) is 4.79 Å². The van der Waals surface area contributed by atoms with Crippen molar-refractivity contribution in [1.29, 1.82) is 0 Å². The van der Waals surface area contributed by atoms with Gasteiger partial charge in [0.2, 0.25) is 0 Å². The molecule has 0 atom stereocenters. The van der Waals surface area contributed by atoms with Crippen molar-refractivity contribution in [3.63, 3.8) is 0 Å². The van der Waals surface area contributed by atoms with Crippen LogP contribution in [-0.4, -0.2) is 26.1 Å². The maximum atomic E-state index is 12.4. The summed E-state index contributed by atoms with van der Waals surface area (Å²) in [6, 6.07) is 0. The van der Waals surface area contributed by atoms with Gasteiger partial charge in [-0.2, -0.15) is 13.2 Å². The largest absolute Gasteiger partial charge is 0.416 e. The van der Waals surface area contributed by atoms with Crippen LogP contribution < -0.4 is 5.32 Å². The van der Waals surface area contributed by atoms with Gasteiger partial charge in [-0.1, -0.05) is 32.1 Å². The van der Waals surface area contributed by atoms with E-state index in [-0.39, 0.29) is 0 Å². The Labute approximate surface area is 118 Å². The number of allylic oxidation sites excluding steroid dienone is 5. The second kappa shape index (κ2) is 9.53. The minimum Gasteiger partial charge on any atom is -0.315 e. The van der Waals surface area contributed by atoms with Gasteiger partial charge in [-0.05, 0) is 24.5 Å². The molecule has 20 heavy (non-hydrogen) atoms. The molecule has 0 saturated carbocycles. The van der Waals surface area contributed by atoms with Gasteiger partial charge in [-0.25, -0.2) is 0 Å². The molecular weight excluding hydrogens is 267 g/mol. The molecule has 1 heterocycles. The minimum atomic E-state index is -4.21. The molecule has 114 valence electrons. The SMILES string of the molecule is C=O.CC.FC(F)(F)C1=CCCC(/C=C/C2CNC2)=C1. The Morgan fingerprint density at radius 3 is 2.35 bits per heavy atom. The standard InChI is InChI=1S/C12H14F3N.C2H6.CH2O/c13-12(14,15)11-3-1-2-9(6-11)4-5-10-7-16-8-10;2*1-2/h3-6,10,16H,1-2,7-8H2;1-2H3;1H2/b5-4+;;. The smallest absolute Gasteiger partial charge is 0.315 e. The monoisotopic (exact) mass is 289 g/mol. The van der Waals surface area contributed by atoms with Gasteiger partial charge in [0.1, 0.15) is 6.79 Å². The Morgan fingerprint density at radius 2 is 1.90 bits per heavy atom. The molecule has 0 aromatic carbocycles. The second-order valence-corrected chi connectivity index (χ2v) is 4.19. The van der Waals surface area contributed by atoms with Crippen molar-refractivity contribution in [2.75, 3.05) is 13.1 Å². The van der Waals surface area contributed by atoms with Crippen molar-refractivity contribution < 1.29 is 18.0 Å². The first-order chi connectivity index (χ1) is 9.55. The van der Waals surface area contributed by atoms with Crippen LogP contribution in [0.1, 0.15) is 26.7 Å². The van der Waals surface area contributed by atoms with E-state index in [1.165, 1.54) is 12.2 Å². The predicted molar refractivity (Wildman–Crippen MR) is 75.4 cm³/mol. The lowest BCUT2D eigenvalue weighted by Gasteiger charge is -2.24. The van der Waals surface area contributed by atoms with Crippen molar-refractivity contribution in [2.24, 2.45) is 5.92 Å². The van der Waals surface area contributed by atoms with Crippen LogP contribution in [0.3, 0.4) is 0 Å². The zero-order chi connectivity index (χ0) is 15.6. The first-order valence-corrected chi connectivity index (χ1v) is 6.71. The lowest BCUT2D eigenvalue weighted by molar-refractivity contribution is -0.0980. The maximum Gasteiger partial charge on any atom is 0.416 e. The third kappa shape index (κ3) is 6.19. The Bertz CT molecular complexity index is 366. The molecule has 5 heteroatoms.